The first-order valence-electron chi connectivity index (χ1n) is 8.59. The molecule has 0 aliphatic heterocycles. The Morgan fingerprint density at radius 1 is 1.00 bits per heavy atom. The molecule has 0 amide bonds. The lowest BCUT2D eigenvalue weighted by atomic mass is 9.83. The highest BCUT2D eigenvalue weighted by Crippen LogP contribution is 2.30. The van der Waals surface area contributed by atoms with E-state index in [2.05, 4.69) is 31.2 Å². The molecular formula is C19H29ClO. The highest BCUT2D eigenvalue weighted by molar-refractivity contribution is 6.18. The zero-order chi connectivity index (χ0) is 14.9. The molecule has 0 aromatic heterocycles. The molecule has 1 saturated carbocycles. The number of ether oxygens (including phenoxy) is 1. The minimum atomic E-state index is 0.716. The molecule has 0 unspecified atom stereocenters. The molecule has 1 aromatic rings. The van der Waals surface area contributed by atoms with Crippen molar-refractivity contribution in [1.82, 2.24) is 0 Å². The lowest BCUT2D eigenvalue weighted by Crippen LogP contribution is -2.20. The minimum absolute atomic E-state index is 0.716. The lowest BCUT2D eigenvalue weighted by molar-refractivity contribution is 0.189. The van der Waals surface area contributed by atoms with Gasteiger partial charge in [-0.05, 0) is 68.1 Å². The second kappa shape index (κ2) is 9.35. The Balaban J connectivity index is 1.69. The molecule has 0 radical (unpaired) electrons. The van der Waals surface area contributed by atoms with Crippen LogP contribution < -0.4 is 4.74 Å². The second-order valence-electron chi connectivity index (χ2n) is 6.45. The van der Waals surface area contributed by atoms with Gasteiger partial charge in [-0.2, -0.15) is 0 Å². The van der Waals surface area contributed by atoms with E-state index in [-0.39, 0.29) is 0 Å². The maximum absolute atomic E-state index is 5.96. The van der Waals surface area contributed by atoms with Crippen LogP contribution in [0.1, 0.15) is 57.4 Å². The van der Waals surface area contributed by atoms with Gasteiger partial charge in [-0.25, -0.2) is 0 Å². The van der Waals surface area contributed by atoms with Crippen molar-refractivity contribution in [1.29, 1.82) is 0 Å². The number of alkyl halides is 1. The van der Waals surface area contributed by atoms with Gasteiger partial charge in [0.05, 0.1) is 6.61 Å². The molecule has 0 heterocycles. The number of aryl methyl sites for hydroxylation is 1. The Morgan fingerprint density at radius 3 is 2.29 bits per heavy atom. The summed E-state index contributed by atoms with van der Waals surface area (Å²) in [6, 6.07) is 8.70. The van der Waals surface area contributed by atoms with Crippen LogP contribution in [-0.4, -0.2) is 12.5 Å². The predicted octanol–water partition coefficient (Wildman–Crippen LogP) is 5.84. The van der Waals surface area contributed by atoms with Gasteiger partial charge in [-0.3, -0.25) is 0 Å². The summed E-state index contributed by atoms with van der Waals surface area (Å²) < 4.78 is 5.96. The highest BCUT2D eigenvalue weighted by atomic mass is 35.5. The normalized spacial score (nSPS) is 22.2. The molecule has 21 heavy (non-hydrogen) atoms. The largest absolute Gasteiger partial charge is 0.493 e. The van der Waals surface area contributed by atoms with E-state index in [1.165, 1.54) is 56.9 Å². The van der Waals surface area contributed by atoms with Crippen LogP contribution in [0, 0.1) is 11.8 Å². The first-order valence-corrected chi connectivity index (χ1v) is 9.13. The van der Waals surface area contributed by atoms with E-state index in [1.807, 2.05) is 0 Å². The quantitative estimate of drug-likeness (QED) is 0.433. The lowest BCUT2D eigenvalue weighted by Gasteiger charge is -2.27. The molecule has 1 aliphatic carbocycles. The first-order chi connectivity index (χ1) is 10.3. The maximum atomic E-state index is 5.96. The molecule has 0 spiro atoms. The molecule has 1 nitrogen and oxygen atoms in total. The summed E-state index contributed by atoms with van der Waals surface area (Å²) >= 11 is 5.93. The predicted molar refractivity (Wildman–Crippen MR) is 91.3 cm³/mol. The summed E-state index contributed by atoms with van der Waals surface area (Å²) in [7, 11) is 0. The summed E-state index contributed by atoms with van der Waals surface area (Å²) in [5, 5.41) is 0. The molecule has 1 aliphatic rings. The maximum Gasteiger partial charge on any atom is 0.119 e. The third-order valence-electron chi connectivity index (χ3n) is 4.66. The van der Waals surface area contributed by atoms with Crippen LogP contribution in [0.15, 0.2) is 24.3 Å². The molecule has 2 rings (SSSR count). The summed E-state index contributed by atoms with van der Waals surface area (Å²) in [4.78, 5) is 0. The molecule has 1 fully saturated rings. The van der Waals surface area contributed by atoms with Gasteiger partial charge in [-0.1, -0.05) is 31.9 Å². The summed E-state index contributed by atoms with van der Waals surface area (Å²) in [5.74, 6) is 3.31. The SMILES string of the molecule is CCCCCc1ccc(OC[C@H]2CC[C@H](CCl)CC2)cc1. The van der Waals surface area contributed by atoms with Crippen molar-refractivity contribution < 1.29 is 4.74 Å². The van der Waals surface area contributed by atoms with Crippen molar-refractivity contribution in [3.8, 4) is 5.75 Å². The summed E-state index contributed by atoms with van der Waals surface area (Å²) in [6.45, 7) is 3.11. The van der Waals surface area contributed by atoms with Gasteiger partial charge in [-0.15, -0.1) is 11.6 Å². The Kier molecular flexibility index (Phi) is 7.43. The van der Waals surface area contributed by atoms with Gasteiger partial charge in [0.1, 0.15) is 5.75 Å². The van der Waals surface area contributed by atoms with Gasteiger partial charge < -0.3 is 4.74 Å². The van der Waals surface area contributed by atoms with Crippen molar-refractivity contribution in [2.45, 2.75) is 58.3 Å². The number of hydrogen-bond donors (Lipinski definition) is 0. The first kappa shape index (κ1) is 16.7. The van der Waals surface area contributed by atoms with Crippen molar-refractivity contribution in [2.24, 2.45) is 11.8 Å². The molecule has 0 saturated heterocycles. The number of hydrogen-bond acceptors (Lipinski definition) is 1. The van der Waals surface area contributed by atoms with E-state index in [0.717, 1.165) is 24.2 Å². The van der Waals surface area contributed by atoms with Gasteiger partial charge in [0.2, 0.25) is 0 Å². The molecular weight excluding hydrogens is 280 g/mol. The summed E-state index contributed by atoms with van der Waals surface area (Å²) in [5.41, 5.74) is 1.43. The average molecular weight is 309 g/mol. The highest BCUT2D eigenvalue weighted by Gasteiger charge is 2.20. The van der Waals surface area contributed by atoms with Gasteiger partial charge in [0, 0.05) is 5.88 Å². The Labute approximate surface area is 135 Å². The van der Waals surface area contributed by atoms with E-state index < -0.39 is 0 Å². The van der Waals surface area contributed by atoms with E-state index in [0.29, 0.717) is 5.92 Å². The van der Waals surface area contributed by atoms with Crippen LogP contribution in [0.3, 0.4) is 0 Å². The smallest absolute Gasteiger partial charge is 0.119 e. The van der Waals surface area contributed by atoms with E-state index in [9.17, 15) is 0 Å². The fourth-order valence-electron chi connectivity index (χ4n) is 3.10. The molecule has 0 atom stereocenters. The van der Waals surface area contributed by atoms with Gasteiger partial charge in [0.15, 0.2) is 0 Å². The standard InChI is InChI=1S/C19H29ClO/c1-2-3-4-5-16-10-12-19(13-11-16)21-15-18-8-6-17(14-20)7-9-18/h10-13,17-18H,2-9,14-15H2,1H3/t17-,18-. The number of halogens is 1. The Hall–Kier alpha value is -0.690. The second-order valence-corrected chi connectivity index (χ2v) is 6.76. The number of unbranched alkanes of at least 4 members (excludes halogenated alkanes) is 2. The van der Waals surface area contributed by atoms with Crippen LogP contribution in [0.25, 0.3) is 0 Å². The van der Waals surface area contributed by atoms with Crippen LogP contribution in [0.5, 0.6) is 5.75 Å². The Morgan fingerprint density at radius 2 is 1.67 bits per heavy atom. The van der Waals surface area contributed by atoms with Crippen molar-refractivity contribution in [3.05, 3.63) is 29.8 Å². The summed E-state index contributed by atoms with van der Waals surface area (Å²) in [6.07, 6.45) is 10.2. The number of benzene rings is 1. The van der Waals surface area contributed by atoms with Crippen LogP contribution in [-0.2, 0) is 6.42 Å². The Bertz CT molecular complexity index is 379. The van der Waals surface area contributed by atoms with E-state index in [1.54, 1.807) is 0 Å². The average Bonchev–Trinajstić information content (AvgIpc) is 2.55. The van der Waals surface area contributed by atoms with Crippen molar-refractivity contribution in [3.63, 3.8) is 0 Å². The molecule has 2 heteroatoms. The fraction of sp³-hybridized carbons (Fsp3) is 0.684. The third-order valence-corrected chi connectivity index (χ3v) is 5.10. The minimum Gasteiger partial charge on any atom is -0.493 e. The monoisotopic (exact) mass is 308 g/mol. The third kappa shape index (κ3) is 5.90. The zero-order valence-corrected chi connectivity index (χ0v) is 14.1. The van der Waals surface area contributed by atoms with Crippen LogP contribution in [0.4, 0.5) is 0 Å². The van der Waals surface area contributed by atoms with Gasteiger partial charge >= 0.3 is 0 Å². The molecule has 0 bridgehead atoms. The molecule has 118 valence electrons. The fourth-order valence-corrected chi connectivity index (χ4v) is 3.41. The van der Waals surface area contributed by atoms with Gasteiger partial charge in [0.25, 0.3) is 0 Å². The molecule has 1 aromatic carbocycles. The van der Waals surface area contributed by atoms with Crippen LogP contribution in [0.2, 0.25) is 0 Å². The van der Waals surface area contributed by atoms with E-state index >= 15 is 0 Å². The number of rotatable bonds is 8. The van der Waals surface area contributed by atoms with Crippen molar-refractivity contribution in [2.75, 3.05) is 12.5 Å². The van der Waals surface area contributed by atoms with E-state index in [4.69, 9.17) is 16.3 Å². The zero-order valence-electron chi connectivity index (χ0n) is 13.3. The topological polar surface area (TPSA) is 9.23 Å². The van der Waals surface area contributed by atoms with Crippen LogP contribution >= 0.6 is 11.6 Å². The van der Waals surface area contributed by atoms with Crippen molar-refractivity contribution >= 4 is 11.6 Å². The molecule has 0 N–H and O–H groups in total.